The Balaban J connectivity index is 0.000000188. The second-order valence-electron chi connectivity index (χ2n) is 19.2. The molecule has 2 atom stereocenters. The van der Waals surface area contributed by atoms with Crippen molar-refractivity contribution in [3.05, 3.63) is 157 Å². The molecule has 77 heavy (non-hydrogen) atoms. The number of hydrogen-bond donors (Lipinski definition) is 4. The Morgan fingerprint density at radius 1 is 0.584 bits per heavy atom. The molecule has 0 bridgehead atoms. The highest BCUT2D eigenvalue weighted by atomic mass is 35.5. The van der Waals surface area contributed by atoms with E-state index in [2.05, 4.69) is 89.2 Å². The summed E-state index contributed by atoms with van der Waals surface area (Å²) in [5, 5.41) is 19.5. The maximum Gasteiger partial charge on any atom is 0.323 e. The summed E-state index contributed by atoms with van der Waals surface area (Å²) in [5.74, 6) is 0.591. The highest BCUT2D eigenvalue weighted by Gasteiger charge is 2.26. The van der Waals surface area contributed by atoms with E-state index >= 15 is 0 Å². The zero-order valence-electron chi connectivity index (χ0n) is 43.4. The van der Waals surface area contributed by atoms with Crippen molar-refractivity contribution in [1.29, 1.82) is 0 Å². The van der Waals surface area contributed by atoms with Gasteiger partial charge in [-0.25, -0.2) is 18.4 Å². The molecule has 4 amide bonds. The van der Waals surface area contributed by atoms with Crippen LogP contribution in [-0.2, 0) is 14.1 Å². The van der Waals surface area contributed by atoms with Gasteiger partial charge in [0.05, 0.1) is 35.2 Å². The molecule has 2 aliphatic rings. The quantitative estimate of drug-likeness (QED) is 0.0812. The van der Waals surface area contributed by atoms with Crippen LogP contribution in [0.3, 0.4) is 0 Å². The average molecular weight is 1070 g/mol. The van der Waals surface area contributed by atoms with Gasteiger partial charge in [0.25, 0.3) is 0 Å². The van der Waals surface area contributed by atoms with Crippen LogP contribution in [0.4, 0.5) is 52.5 Å². The molecular formula is C56H59ClF2N14O4. The van der Waals surface area contributed by atoms with Crippen LogP contribution in [0.15, 0.2) is 140 Å². The van der Waals surface area contributed by atoms with E-state index in [1.807, 2.05) is 62.9 Å². The van der Waals surface area contributed by atoms with Gasteiger partial charge in [-0.2, -0.15) is 10.2 Å². The fourth-order valence-electron chi connectivity index (χ4n) is 8.95. The number of likely N-dealkylation sites (N-methyl/N-ethyl adjacent to an activating group) is 2. The molecule has 2 fully saturated rings. The molecule has 21 heteroatoms. The zero-order chi connectivity index (χ0) is 54.2. The van der Waals surface area contributed by atoms with Crippen molar-refractivity contribution >= 4 is 57.8 Å². The zero-order valence-corrected chi connectivity index (χ0v) is 44.2. The summed E-state index contributed by atoms with van der Waals surface area (Å²) in [5.41, 5.74) is 6.15. The van der Waals surface area contributed by atoms with Crippen molar-refractivity contribution in [1.82, 2.24) is 39.3 Å². The van der Waals surface area contributed by atoms with E-state index in [4.69, 9.17) is 21.1 Å². The molecule has 8 aromatic rings. The van der Waals surface area contributed by atoms with Crippen LogP contribution in [0, 0.1) is 11.6 Å². The maximum atomic E-state index is 14.6. The number of aryl methyl sites for hydroxylation is 2. The first-order chi connectivity index (χ1) is 37.1. The summed E-state index contributed by atoms with van der Waals surface area (Å²) in [4.78, 5) is 43.2. The summed E-state index contributed by atoms with van der Waals surface area (Å²) in [6, 6.07) is 28.2. The maximum absolute atomic E-state index is 14.6. The molecular weight excluding hydrogens is 1010 g/mol. The van der Waals surface area contributed by atoms with Crippen LogP contribution in [-0.4, -0.2) is 118 Å². The van der Waals surface area contributed by atoms with Crippen LogP contribution in [0.2, 0.25) is 5.02 Å². The van der Waals surface area contributed by atoms with Gasteiger partial charge in [0.2, 0.25) is 0 Å². The van der Waals surface area contributed by atoms with Crippen molar-refractivity contribution in [3.63, 3.8) is 0 Å². The number of carbonyl (C=O) groups excluding carboxylic acids is 2. The molecule has 6 heterocycles. The Bertz CT molecular complexity index is 3370. The molecule has 2 unspecified atom stereocenters. The van der Waals surface area contributed by atoms with Crippen LogP contribution in [0.25, 0.3) is 22.5 Å². The first kappa shape index (κ1) is 53.2. The lowest BCUT2D eigenvalue weighted by atomic mass is 10.2. The third-order valence-corrected chi connectivity index (χ3v) is 13.3. The van der Waals surface area contributed by atoms with Gasteiger partial charge in [-0.05, 0) is 114 Å². The van der Waals surface area contributed by atoms with Gasteiger partial charge in [-0.1, -0.05) is 17.7 Å². The third-order valence-electron chi connectivity index (χ3n) is 13.1. The predicted octanol–water partition coefficient (Wildman–Crippen LogP) is 11.0. The Morgan fingerprint density at radius 2 is 1.06 bits per heavy atom. The van der Waals surface area contributed by atoms with E-state index in [0.29, 0.717) is 62.9 Å². The van der Waals surface area contributed by atoms with Gasteiger partial charge in [0.1, 0.15) is 34.6 Å². The van der Waals surface area contributed by atoms with Crippen LogP contribution >= 0.6 is 11.6 Å². The van der Waals surface area contributed by atoms with Gasteiger partial charge in [0.15, 0.2) is 0 Å². The summed E-state index contributed by atoms with van der Waals surface area (Å²) in [7, 11) is 12.0. The molecule has 0 radical (unpaired) electrons. The highest BCUT2D eigenvalue weighted by molar-refractivity contribution is 6.31. The monoisotopic (exact) mass is 1060 g/mol. The fourth-order valence-corrected chi connectivity index (χ4v) is 9.18. The van der Waals surface area contributed by atoms with Crippen molar-refractivity contribution in [2.45, 2.75) is 24.9 Å². The Morgan fingerprint density at radius 3 is 1.55 bits per heavy atom. The molecule has 18 nitrogen and oxygen atoms in total. The SMILES string of the molecule is CN(C)C1CCN(c2cc(Cl)cc(NC(=O)Nc3cc(Oc4ccnc(-c5cnn(C)c5)c4)ccc3F)c2)C1.CN(C)C1CCN(c2cccc(NC(=O)Nc3cc(Oc4ccnc(-c5cnn(C)c5)c4)ccc3F)c2)C1. The molecule has 0 spiro atoms. The predicted molar refractivity (Wildman–Crippen MR) is 298 cm³/mol. The van der Waals surface area contributed by atoms with Crippen molar-refractivity contribution in [3.8, 4) is 45.5 Å². The standard InChI is InChI=1S/C28H29ClFN7O2.C28H30FN7O2/c1-35(2)21-7-9-37(17-21)22-11-19(29)10-20(12-22)33-28(38)34-27-14-23(4-5-25(27)30)39-24-6-8-31-26(13-24)18-15-32-36(3)16-18;1-34(2)22-10-12-36(18-22)21-6-4-5-20(13-21)32-28(37)33-27-15-23(7-8-25(27)29)38-24-9-11-30-26(14-24)19-16-31-35(3)17-19/h4-6,8,10-16,21H,7,9,17H2,1-3H3,(H2,33,34,38);4-9,11,13-17,22H,10,12,18H2,1-3H3,(H2,32,33,37). The lowest BCUT2D eigenvalue weighted by Crippen LogP contribution is -2.31. The highest BCUT2D eigenvalue weighted by Crippen LogP contribution is 2.33. The molecule has 2 saturated heterocycles. The topological polar surface area (TPSA) is 175 Å². The largest absolute Gasteiger partial charge is 0.457 e. The molecule has 10 rings (SSSR count). The van der Waals surface area contributed by atoms with E-state index in [1.165, 1.54) is 36.4 Å². The van der Waals surface area contributed by atoms with Gasteiger partial charge in [0, 0.05) is 140 Å². The van der Waals surface area contributed by atoms with Crippen LogP contribution in [0.1, 0.15) is 12.8 Å². The number of carbonyl (C=O) groups is 2. The molecule has 4 N–H and O–H groups in total. The Hall–Kier alpha value is -8.59. The number of pyridine rings is 2. The number of aromatic nitrogens is 6. The average Bonchev–Trinajstić information content (AvgIpc) is 4.26. The van der Waals surface area contributed by atoms with Crippen molar-refractivity contribution in [2.24, 2.45) is 14.1 Å². The minimum atomic E-state index is -0.602. The van der Waals surface area contributed by atoms with E-state index in [9.17, 15) is 18.4 Å². The number of urea groups is 2. The van der Waals surface area contributed by atoms with Gasteiger partial charge < -0.3 is 50.3 Å². The number of hydrogen-bond acceptors (Lipinski definition) is 12. The van der Waals surface area contributed by atoms with Gasteiger partial charge in [-0.3, -0.25) is 19.3 Å². The molecule has 398 valence electrons. The number of nitrogens with one attached hydrogen (secondary N) is 4. The summed E-state index contributed by atoms with van der Waals surface area (Å²) in [6.07, 6.45) is 12.5. The second-order valence-corrected chi connectivity index (χ2v) is 19.6. The van der Waals surface area contributed by atoms with Crippen molar-refractivity contribution < 1.29 is 27.8 Å². The second kappa shape index (κ2) is 24.0. The summed E-state index contributed by atoms with van der Waals surface area (Å²) < 4.78 is 44.3. The Kier molecular flexibility index (Phi) is 16.6. The normalized spacial score (nSPS) is 15.1. The lowest BCUT2D eigenvalue weighted by Gasteiger charge is -2.22. The first-order valence-electron chi connectivity index (χ1n) is 24.8. The minimum Gasteiger partial charge on any atom is -0.457 e. The third kappa shape index (κ3) is 14.0. The molecule has 4 aromatic heterocycles. The summed E-state index contributed by atoms with van der Waals surface area (Å²) in [6.45, 7) is 3.66. The van der Waals surface area contributed by atoms with E-state index in [0.717, 1.165) is 61.5 Å². The van der Waals surface area contributed by atoms with Crippen LogP contribution in [0.5, 0.6) is 23.0 Å². The minimum absolute atomic E-state index is 0.00561. The lowest BCUT2D eigenvalue weighted by molar-refractivity contribution is 0.261. The number of rotatable bonds is 14. The Labute approximate surface area is 450 Å². The number of amides is 4. The summed E-state index contributed by atoms with van der Waals surface area (Å²) >= 11 is 6.35. The number of nitrogens with zero attached hydrogens (tertiary/aromatic N) is 10. The molecule has 2 aliphatic heterocycles. The number of ether oxygens (including phenoxy) is 2. The number of benzene rings is 4. The van der Waals surface area contributed by atoms with E-state index in [-0.39, 0.29) is 11.4 Å². The fraction of sp³-hybridized carbons (Fsp3) is 0.250. The van der Waals surface area contributed by atoms with Gasteiger partial charge in [-0.15, -0.1) is 0 Å². The smallest absolute Gasteiger partial charge is 0.323 e. The van der Waals surface area contributed by atoms with E-state index in [1.54, 1.807) is 64.5 Å². The molecule has 0 saturated carbocycles. The van der Waals surface area contributed by atoms with Crippen molar-refractivity contribution in [2.75, 3.05) is 85.4 Å². The van der Waals surface area contributed by atoms with E-state index < -0.39 is 23.7 Å². The van der Waals surface area contributed by atoms with Gasteiger partial charge >= 0.3 is 12.1 Å². The number of halogens is 3. The molecule has 0 aliphatic carbocycles. The molecule has 4 aromatic carbocycles. The van der Waals surface area contributed by atoms with Crippen LogP contribution < -0.4 is 40.5 Å². The number of anilines is 6. The first-order valence-corrected chi connectivity index (χ1v) is 25.2.